The van der Waals surface area contributed by atoms with Crippen LogP contribution in [-0.2, 0) is 4.74 Å². The smallest absolute Gasteiger partial charge is 0.412 e. The van der Waals surface area contributed by atoms with Gasteiger partial charge in [-0.05, 0) is 57.2 Å². The van der Waals surface area contributed by atoms with Crippen molar-refractivity contribution in [2.45, 2.75) is 26.4 Å². The molecule has 9 nitrogen and oxygen atoms in total. The van der Waals surface area contributed by atoms with Gasteiger partial charge in [0.15, 0.2) is 17.4 Å². The Kier molecular flexibility index (Phi) is 6.08. The highest BCUT2D eigenvalue weighted by Crippen LogP contribution is 2.28. The van der Waals surface area contributed by atoms with Crippen molar-refractivity contribution in [2.75, 3.05) is 12.4 Å². The van der Waals surface area contributed by atoms with Crippen molar-refractivity contribution in [3.63, 3.8) is 0 Å². The summed E-state index contributed by atoms with van der Waals surface area (Å²) < 4.78 is 28.1. The molecule has 0 spiro atoms. The number of hydrogen-bond acceptors (Lipinski definition) is 6. The van der Waals surface area contributed by atoms with E-state index in [0.717, 1.165) is 22.5 Å². The maximum atomic E-state index is 13.9. The number of pyridine rings is 1. The molecule has 1 N–H and O–H groups in total. The number of halogens is 1. The average Bonchev–Trinajstić information content (AvgIpc) is 3.51. The number of amides is 1. The van der Waals surface area contributed by atoms with E-state index in [-0.39, 0.29) is 5.75 Å². The number of benzene rings is 2. The van der Waals surface area contributed by atoms with E-state index in [1.54, 1.807) is 41.4 Å². The van der Waals surface area contributed by atoms with E-state index >= 15 is 0 Å². The Bertz CT molecular complexity index is 1580. The standard InChI is InChI=1S/C27H25FN6O3/c1-27(2,3)37-26(35)31-19-8-5-17(6-9-19)22-14-29-24-12-7-18(15-33(22)24)25-32-30-16-34(25)20-10-11-21(28)23(13-20)36-4/h5-16H,1-4H3,(H,31,35). The van der Waals surface area contributed by atoms with Gasteiger partial charge in [-0.25, -0.2) is 14.2 Å². The third kappa shape index (κ3) is 4.99. The zero-order valence-corrected chi connectivity index (χ0v) is 20.8. The fourth-order valence-corrected chi connectivity index (χ4v) is 3.89. The first-order valence-electron chi connectivity index (χ1n) is 11.5. The first kappa shape index (κ1) is 24.0. The Morgan fingerprint density at radius 3 is 2.51 bits per heavy atom. The van der Waals surface area contributed by atoms with E-state index in [1.807, 2.05) is 55.6 Å². The lowest BCUT2D eigenvalue weighted by molar-refractivity contribution is 0.0636. The predicted octanol–water partition coefficient (Wildman–Crippen LogP) is 5.74. The molecule has 188 valence electrons. The third-order valence-corrected chi connectivity index (χ3v) is 5.55. The van der Waals surface area contributed by atoms with Crippen LogP contribution in [0.5, 0.6) is 5.75 Å². The van der Waals surface area contributed by atoms with Crippen LogP contribution in [0.15, 0.2) is 73.3 Å². The molecule has 0 saturated carbocycles. The summed E-state index contributed by atoms with van der Waals surface area (Å²) in [6.07, 6.45) is 4.76. The fourth-order valence-electron chi connectivity index (χ4n) is 3.89. The molecule has 0 aliphatic carbocycles. The molecule has 5 rings (SSSR count). The van der Waals surface area contributed by atoms with Gasteiger partial charge < -0.3 is 9.47 Å². The summed E-state index contributed by atoms with van der Waals surface area (Å²) in [7, 11) is 1.42. The molecule has 0 radical (unpaired) electrons. The van der Waals surface area contributed by atoms with Gasteiger partial charge in [0.1, 0.15) is 17.6 Å². The number of ether oxygens (including phenoxy) is 2. The maximum absolute atomic E-state index is 13.9. The molecule has 3 aromatic heterocycles. The lowest BCUT2D eigenvalue weighted by atomic mass is 10.1. The zero-order valence-electron chi connectivity index (χ0n) is 20.8. The summed E-state index contributed by atoms with van der Waals surface area (Å²) in [6, 6.07) is 15.8. The van der Waals surface area contributed by atoms with Crippen LogP contribution in [0.4, 0.5) is 14.9 Å². The topological polar surface area (TPSA) is 95.6 Å². The highest BCUT2D eigenvalue weighted by atomic mass is 19.1. The van der Waals surface area contributed by atoms with Crippen molar-refractivity contribution in [3.05, 3.63) is 79.1 Å². The second-order valence-electron chi connectivity index (χ2n) is 9.34. The largest absolute Gasteiger partial charge is 0.494 e. The van der Waals surface area contributed by atoms with Gasteiger partial charge in [0.05, 0.1) is 24.7 Å². The van der Waals surface area contributed by atoms with Gasteiger partial charge >= 0.3 is 6.09 Å². The molecule has 0 bridgehead atoms. The molecular formula is C27H25FN6O3. The number of methoxy groups -OCH3 is 1. The minimum absolute atomic E-state index is 0.133. The van der Waals surface area contributed by atoms with Crippen molar-refractivity contribution < 1.29 is 18.7 Å². The lowest BCUT2D eigenvalue weighted by Crippen LogP contribution is -2.27. The number of nitrogens with zero attached hydrogens (tertiary/aromatic N) is 5. The van der Waals surface area contributed by atoms with Gasteiger partial charge in [-0.15, -0.1) is 10.2 Å². The third-order valence-electron chi connectivity index (χ3n) is 5.55. The molecule has 0 saturated heterocycles. The van der Waals surface area contributed by atoms with Crippen LogP contribution < -0.4 is 10.1 Å². The second kappa shape index (κ2) is 9.38. The highest BCUT2D eigenvalue weighted by Gasteiger charge is 2.17. The van der Waals surface area contributed by atoms with E-state index < -0.39 is 17.5 Å². The van der Waals surface area contributed by atoms with Crippen LogP contribution in [-0.4, -0.2) is 43.0 Å². The van der Waals surface area contributed by atoms with Gasteiger partial charge in [0, 0.05) is 29.1 Å². The Morgan fingerprint density at radius 2 is 1.78 bits per heavy atom. The molecule has 37 heavy (non-hydrogen) atoms. The molecule has 5 aromatic rings. The number of carbonyl (C=O) groups excluding carboxylic acids is 1. The fraction of sp³-hybridized carbons (Fsp3) is 0.185. The molecule has 10 heteroatoms. The summed E-state index contributed by atoms with van der Waals surface area (Å²) in [5.41, 5.74) is 4.01. The lowest BCUT2D eigenvalue weighted by Gasteiger charge is -2.19. The van der Waals surface area contributed by atoms with Gasteiger partial charge in [-0.2, -0.15) is 0 Å². The molecule has 0 aliphatic heterocycles. The van der Waals surface area contributed by atoms with Crippen LogP contribution in [0.2, 0.25) is 0 Å². The summed E-state index contributed by atoms with van der Waals surface area (Å²) in [6.45, 7) is 5.44. The molecule has 0 unspecified atom stereocenters. The van der Waals surface area contributed by atoms with Crippen molar-refractivity contribution in [1.82, 2.24) is 24.1 Å². The van der Waals surface area contributed by atoms with E-state index in [9.17, 15) is 9.18 Å². The van der Waals surface area contributed by atoms with Gasteiger partial charge in [0.25, 0.3) is 0 Å². The van der Waals surface area contributed by atoms with Gasteiger partial charge in [-0.1, -0.05) is 12.1 Å². The van der Waals surface area contributed by atoms with Crippen molar-refractivity contribution in [2.24, 2.45) is 0 Å². The number of hydrogen-bond donors (Lipinski definition) is 1. The number of aromatic nitrogens is 5. The van der Waals surface area contributed by atoms with Crippen molar-refractivity contribution >= 4 is 17.4 Å². The number of nitrogens with one attached hydrogen (secondary N) is 1. The summed E-state index contributed by atoms with van der Waals surface area (Å²) in [5.74, 6) is 0.263. The number of carbonyl (C=O) groups is 1. The first-order valence-corrected chi connectivity index (χ1v) is 11.5. The highest BCUT2D eigenvalue weighted by molar-refractivity contribution is 5.85. The van der Waals surface area contributed by atoms with Crippen molar-refractivity contribution in [1.29, 1.82) is 0 Å². The Labute approximate surface area is 212 Å². The van der Waals surface area contributed by atoms with Crippen LogP contribution >= 0.6 is 0 Å². The quantitative estimate of drug-likeness (QED) is 0.330. The average molecular weight is 501 g/mol. The number of fused-ring (bicyclic) bond motifs is 1. The minimum atomic E-state index is -0.578. The molecular weight excluding hydrogens is 475 g/mol. The Hall–Kier alpha value is -4.73. The second-order valence-corrected chi connectivity index (χ2v) is 9.34. The predicted molar refractivity (Wildman–Crippen MR) is 137 cm³/mol. The molecule has 1 amide bonds. The number of anilines is 1. The van der Waals surface area contributed by atoms with Crippen molar-refractivity contribution in [3.8, 4) is 34.1 Å². The van der Waals surface area contributed by atoms with Gasteiger partial charge in [-0.3, -0.25) is 14.3 Å². The normalized spacial score (nSPS) is 11.5. The molecule has 0 atom stereocenters. The Morgan fingerprint density at radius 1 is 1.03 bits per heavy atom. The van der Waals surface area contributed by atoms with E-state index in [1.165, 1.54) is 13.2 Å². The van der Waals surface area contributed by atoms with E-state index in [0.29, 0.717) is 17.2 Å². The number of imidazole rings is 1. The first-order chi connectivity index (χ1) is 17.7. The van der Waals surface area contributed by atoms with Crippen LogP contribution in [0.1, 0.15) is 20.8 Å². The summed E-state index contributed by atoms with van der Waals surface area (Å²) in [4.78, 5) is 16.6. The van der Waals surface area contributed by atoms with E-state index in [4.69, 9.17) is 9.47 Å². The SMILES string of the molecule is COc1cc(-n2cnnc2-c2ccc3ncc(-c4ccc(NC(=O)OC(C)(C)C)cc4)n3c2)ccc1F. The number of rotatable bonds is 5. The Balaban J connectivity index is 1.46. The van der Waals surface area contributed by atoms with Crippen LogP contribution in [0.3, 0.4) is 0 Å². The van der Waals surface area contributed by atoms with Crippen LogP contribution in [0.25, 0.3) is 34.0 Å². The van der Waals surface area contributed by atoms with E-state index in [2.05, 4.69) is 20.5 Å². The maximum Gasteiger partial charge on any atom is 0.412 e. The molecule has 3 heterocycles. The monoisotopic (exact) mass is 500 g/mol. The zero-order chi connectivity index (χ0) is 26.2. The van der Waals surface area contributed by atoms with Gasteiger partial charge in [0.2, 0.25) is 0 Å². The minimum Gasteiger partial charge on any atom is -0.494 e. The molecule has 2 aromatic carbocycles. The summed E-state index contributed by atoms with van der Waals surface area (Å²) in [5, 5.41) is 11.1. The summed E-state index contributed by atoms with van der Waals surface area (Å²) >= 11 is 0. The van der Waals surface area contributed by atoms with Crippen LogP contribution in [0, 0.1) is 5.82 Å². The molecule has 0 fully saturated rings. The molecule has 0 aliphatic rings.